The van der Waals surface area contributed by atoms with Gasteiger partial charge >= 0.3 is 0 Å². The van der Waals surface area contributed by atoms with Crippen LogP contribution in [0.3, 0.4) is 0 Å². The van der Waals surface area contributed by atoms with Gasteiger partial charge in [0.1, 0.15) is 0 Å². The Morgan fingerprint density at radius 3 is 2.69 bits per heavy atom. The van der Waals surface area contributed by atoms with Crippen molar-refractivity contribution in [1.29, 1.82) is 0 Å². The molecule has 26 heavy (non-hydrogen) atoms. The summed E-state index contributed by atoms with van der Waals surface area (Å²) in [7, 11) is -3.51. The molecule has 2 heterocycles. The minimum atomic E-state index is -3.51. The van der Waals surface area contributed by atoms with Gasteiger partial charge < -0.3 is 0 Å². The van der Waals surface area contributed by atoms with Crippen molar-refractivity contribution in [2.75, 3.05) is 13.1 Å². The second kappa shape index (κ2) is 6.94. The molecule has 6 nitrogen and oxygen atoms in total. The summed E-state index contributed by atoms with van der Waals surface area (Å²) in [6.07, 6.45) is 7.77. The zero-order valence-corrected chi connectivity index (χ0v) is 16.4. The van der Waals surface area contributed by atoms with Crippen molar-refractivity contribution in [3.05, 3.63) is 24.4 Å². The number of aromatic nitrogens is 2. The Labute approximate surface area is 155 Å². The van der Waals surface area contributed by atoms with Crippen LogP contribution < -0.4 is 4.72 Å². The quantitative estimate of drug-likeness (QED) is 0.871. The van der Waals surface area contributed by atoms with Crippen LogP contribution in [0.5, 0.6) is 0 Å². The average Bonchev–Trinajstić information content (AvgIpc) is 3.33. The number of hydrogen-bond donors (Lipinski definition) is 1. The van der Waals surface area contributed by atoms with Gasteiger partial charge in [0.25, 0.3) is 0 Å². The van der Waals surface area contributed by atoms with Crippen molar-refractivity contribution in [2.24, 2.45) is 0 Å². The maximum Gasteiger partial charge on any atom is 0.240 e. The molecule has 1 atom stereocenters. The van der Waals surface area contributed by atoms with Crippen LogP contribution in [-0.2, 0) is 10.0 Å². The molecule has 4 rings (SSSR count). The second-order valence-corrected chi connectivity index (χ2v) is 9.66. The number of nitrogens with zero attached hydrogens (tertiary/aromatic N) is 3. The third kappa shape index (κ3) is 3.40. The van der Waals surface area contributed by atoms with Crippen LogP contribution in [0.15, 0.2) is 29.3 Å². The minimum absolute atomic E-state index is 0.00897. The molecular formula is C19H28N4O2S. The second-order valence-electron chi connectivity index (χ2n) is 7.94. The maximum atomic E-state index is 12.8. The topological polar surface area (TPSA) is 67.2 Å². The molecule has 0 amide bonds. The van der Waals surface area contributed by atoms with Gasteiger partial charge in [0.15, 0.2) is 0 Å². The van der Waals surface area contributed by atoms with Gasteiger partial charge in [-0.1, -0.05) is 12.8 Å². The Balaban J connectivity index is 1.49. The first-order valence-corrected chi connectivity index (χ1v) is 11.2. The van der Waals surface area contributed by atoms with Gasteiger partial charge in [0.2, 0.25) is 10.0 Å². The Kier molecular flexibility index (Phi) is 4.79. The van der Waals surface area contributed by atoms with Crippen LogP contribution in [0.25, 0.3) is 10.9 Å². The highest BCUT2D eigenvalue weighted by molar-refractivity contribution is 7.89. The van der Waals surface area contributed by atoms with Crippen molar-refractivity contribution in [3.8, 4) is 0 Å². The van der Waals surface area contributed by atoms with E-state index in [0.717, 1.165) is 30.4 Å². The predicted molar refractivity (Wildman–Crippen MR) is 103 cm³/mol. The van der Waals surface area contributed by atoms with Crippen molar-refractivity contribution < 1.29 is 8.42 Å². The van der Waals surface area contributed by atoms with E-state index in [2.05, 4.69) is 28.6 Å². The van der Waals surface area contributed by atoms with Crippen molar-refractivity contribution >= 4 is 20.9 Å². The molecule has 1 aliphatic heterocycles. The van der Waals surface area contributed by atoms with Gasteiger partial charge in [-0.2, -0.15) is 5.10 Å². The van der Waals surface area contributed by atoms with Crippen LogP contribution >= 0.6 is 0 Å². The van der Waals surface area contributed by atoms with E-state index in [1.807, 2.05) is 10.7 Å². The number of benzene rings is 1. The van der Waals surface area contributed by atoms with E-state index >= 15 is 0 Å². The third-order valence-electron chi connectivity index (χ3n) is 5.75. The van der Waals surface area contributed by atoms with Gasteiger partial charge in [-0.25, -0.2) is 13.1 Å². The fraction of sp³-hybridized carbons (Fsp3) is 0.632. The number of nitrogens with one attached hydrogen (secondary N) is 1. The molecular weight excluding hydrogens is 348 g/mol. The van der Waals surface area contributed by atoms with Gasteiger partial charge in [0, 0.05) is 36.6 Å². The van der Waals surface area contributed by atoms with E-state index in [1.54, 1.807) is 18.3 Å². The zero-order valence-electron chi connectivity index (χ0n) is 15.6. The summed E-state index contributed by atoms with van der Waals surface area (Å²) in [5.74, 6) is 0. The van der Waals surface area contributed by atoms with Crippen LogP contribution in [0.2, 0.25) is 0 Å². The Bertz CT molecular complexity index is 884. The summed E-state index contributed by atoms with van der Waals surface area (Å²) in [6.45, 7) is 5.96. The van der Waals surface area contributed by atoms with E-state index < -0.39 is 10.0 Å². The summed E-state index contributed by atoms with van der Waals surface area (Å²) in [5.41, 5.74) is 0.965. The summed E-state index contributed by atoms with van der Waals surface area (Å²) >= 11 is 0. The van der Waals surface area contributed by atoms with E-state index in [9.17, 15) is 8.42 Å². The lowest BCUT2D eigenvalue weighted by Crippen LogP contribution is -2.39. The Morgan fingerprint density at radius 2 is 1.96 bits per heavy atom. The molecule has 0 bridgehead atoms. The van der Waals surface area contributed by atoms with Crippen LogP contribution in [0.1, 0.15) is 52.0 Å². The Morgan fingerprint density at radius 1 is 1.19 bits per heavy atom. The van der Waals surface area contributed by atoms with Gasteiger partial charge in [-0.15, -0.1) is 0 Å². The third-order valence-corrected chi connectivity index (χ3v) is 7.27. The first kappa shape index (κ1) is 17.9. The zero-order chi connectivity index (χ0) is 18.3. The van der Waals surface area contributed by atoms with Crippen molar-refractivity contribution in [2.45, 2.75) is 69.0 Å². The van der Waals surface area contributed by atoms with E-state index in [-0.39, 0.29) is 12.1 Å². The van der Waals surface area contributed by atoms with Crippen molar-refractivity contribution in [3.63, 3.8) is 0 Å². The molecule has 2 fully saturated rings. The SMILES string of the molecule is CC(C)n1ncc2cc(S(=O)(=O)NC3CCN(C4CCCC4)C3)ccc21. The number of hydrogen-bond acceptors (Lipinski definition) is 4. The van der Waals surface area contributed by atoms with Gasteiger partial charge in [-0.05, 0) is 51.3 Å². The van der Waals surface area contributed by atoms with E-state index in [0.29, 0.717) is 10.9 Å². The summed E-state index contributed by atoms with van der Waals surface area (Å²) in [4.78, 5) is 2.79. The molecule has 1 unspecified atom stereocenters. The molecule has 1 aromatic heterocycles. The van der Waals surface area contributed by atoms with E-state index in [1.165, 1.54) is 25.7 Å². The molecule has 1 aliphatic carbocycles. The molecule has 1 N–H and O–H groups in total. The molecule has 0 radical (unpaired) electrons. The first-order chi connectivity index (χ1) is 12.4. The first-order valence-electron chi connectivity index (χ1n) is 9.68. The lowest BCUT2D eigenvalue weighted by Gasteiger charge is -2.23. The minimum Gasteiger partial charge on any atom is -0.299 e. The average molecular weight is 377 g/mol. The molecule has 2 aromatic rings. The molecule has 7 heteroatoms. The summed E-state index contributed by atoms with van der Waals surface area (Å²) < 4.78 is 30.5. The van der Waals surface area contributed by atoms with Gasteiger partial charge in [0.05, 0.1) is 16.6 Å². The van der Waals surface area contributed by atoms with E-state index in [4.69, 9.17) is 0 Å². The lowest BCUT2D eigenvalue weighted by atomic mass is 10.2. The summed E-state index contributed by atoms with van der Waals surface area (Å²) in [6, 6.07) is 6.18. The molecule has 1 aromatic carbocycles. The molecule has 0 spiro atoms. The monoisotopic (exact) mass is 376 g/mol. The molecule has 1 saturated carbocycles. The number of sulfonamides is 1. The smallest absolute Gasteiger partial charge is 0.240 e. The van der Waals surface area contributed by atoms with Crippen LogP contribution in [0, 0.1) is 0 Å². The highest BCUT2D eigenvalue weighted by Gasteiger charge is 2.32. The highest BCUT2D eigenvalue weighted by Crippen LogP contribution is 2.27. The fourth-order valence-electron chi connectivity index (χ4n) is 4.38. The maximum absolute atomic E-state index is 12.8. The van der Waals surface area contributed by atoms with Gasteiger partial charge in [-0.3, -0.25) is 9.58 Å². The molecule has 1 saturated heterocycles. The number of fused-ring (bicyclic) bond motifs is 1. The number of likely N-dealkylation sites (tertiary alicyclic amines) is 1. The standard InChI is InChI=1S/C19H28N4O2S/c1-14(2)23-19-8-7-18(11-15(19)12-20-23)26(24,25)21-16-9-10-22(13-16)17-5-3-4-6-17/h7-8,11-12,14,16-17,21H,3-6,9-10,13H2,1-2H3. The van der Waals surface area contributed by atoms with Crippen molar-refractivity contribution in [1.82, 2.24) is 19.4 Å². The number of rotatable bonds is 5. The normalized spacial score (nSPS) is 22.8. The molecule has 2 aliphatic rings. The largest absolute Gasteiger partial charge is 0.299 e. The van der Waals surface area contributed by atoms with Crippen LogP contribution in [0.4, 0.5) is 0 Å². The Hall–Kier alpha value is -1.44. The van der Waals surface area contributed by atoms with Crippen LogP contribution in [-0.4, -0.2) is 48.3 Å². The summed E-state index contributed by atoms with van der Waals surface area (Å²) in [5, 5.41) is 5.23. The molecule has 142 valence electrons. The highest BCUT2D eigenvalue weighted by atomic mass is 32.2. The predicted octanol–water partition coefficient (Wildman–Crippen LogP) is 2.91. The lowest BCUT2D eigenvalue weighted by molar-refractivity contribution is 0.242. The fourth-order valence-corrected chi connectivity index (χ4v) is 5.68.